The van der Waals surface area contributed by atoms with Crippen LogP contribution in [0.25, 0.3) is 0 Å². The Hall–Kier alpha value is -1.56. The Bertz CT molecular complexity index is 623. The Labute approximate surface area is 132 Å². The first-order chi connectivity index (χ1) is 9.47. The highest BCUT2D eigenvalue weighted by Crippen LogP contribution is 2.24. The summed E-state index contributed by atoms with van der Waals surface area (Å²) in [4.78, 5) is 11.0. The molecule has 0 aliphatic heterocycles. The van der Waals surface area contributed by atoms with Crippen molar-refractivity contribution < 1.29 is 9.90 Å². The molecule has 0 amide bonds. The summed E-state index contributed by atoms with van der Waals surface area (Å²) in [7, 11) is 0. The van der Waals surface area contributed by atoms with E-state index < -0.39 is 5.97 Å². The highest BCUT2D eigenvalue weighted by molar-refractivity contribution is 14.1. The van der Waals surface area contributed by atoms with Crippen LogP contribution in [0, 0.1) is 10.5 Å². The highest BCUT2D eigenvalue weighted by Gasteiger charge is 2.10. The minimum Gasteiger partial charge on any atom is -0.478 e. The summed E-state index contributed by atoms with van der Waals surface area (Å²) in [6.07, 6.45) is 0. The molecule has 0 aliphatic carbocycles. The molecular formula is C16H16INO2. The minimum absolute atomic E-state index is 0.120. The van der Waals surface area contributed by atoms with Crippen LogP contribution in [-0.2, 0) is 0 Å². The van der Waals surface area contributed by atoms with E-state index in [1.54, 1.807) is 12.1 Å². The van der Waals surface area contributed by atoms with Crippen LogP contribution in [0.3, 0.4) is 0 Å². The van der Waals surface area contributed by atoms with Gasteiger partial charge >= 0.3 is 5.97 Å². The minimum atomic E-state index is -0.907. The molecular weight excluding hydrogens is 365 g/mol. The van der Waals surface area contributed by atoms with E-state index in [0.29, 0.717) is 5.56 Å². The summed E-state index contributed by atoms with van der Waals surface area (Å²) >= 11 is 2.27. The maximum Gasteiger partial charge on any atom is 0.335 e. The average Bonchev–Trinajstić information content (AvgIpc) is 2.41. The van der Waals surface area contributed by atoms with E-state index in [2.05, 4.69) is 59.1 Å². The van der Waals surface area contributed by atoms with E-state index in [9.17, 15) is 4.79 Å². The summed E-state index contributed by atoms with van der Waals surface area (Å²) in [5.41, 5.74) is 3.36. The molecule has 0 spiro atoms. The quantitative estimate of drug-likeness (QED) is 0.769. The molecule has 104 valence electrons. The summed E-state index contributed by atoms with van der Waals surface area (Å²) in [5.74, 6) is -0.907. The van der Waals surface area contributed by atoms with Gasteiger partial charge in [0, 0.05) is 15.3 Å². The zero-order valence-electron chi connectivity index (χ0n) is 11.4. The normalized spacial score (nSPS) is 11.9. The molecule has 1 atom stereocenters. The lowest BCUT2D eigenvalue weighted by Gasteiger charge is -2.18. The van der Waals surface area contributed by atoms with Gasteiger partial charge in [0.25, 0.3) is 0 Å². The van der Waals surface area contributed by atoms with Crippen molar-refractivity contribution in [3.8, 4) is 0 Å². The standard InChI is InChI=1S/C16H16INO2/c1-10-3-4-13(16(19)20)9-15(10)18-11(2)12-5-7-14(17)8-6-12/h3-9,11,18H,1-2H3,(H,19,20). The lowest BCUT2D eigenvalue weighted by atomic mass is 10.1. The molecule has 0 bridgehead atoms. The van der Waals surface area contributed by atoms with Gasteiger partial charge < -0.3 is 10.4 Å². The molecule has 2 aromatic carbocycles. The number of carbonyl (C=O) groups is 1. The largest absolute Gasteiger partial charge is 0.478 e. The van der Waals surface area contributed by atoms with Crippen LogP contribution in [0.5, 0.6) is 0 Å². The number of hydrogen-bond acceptors (Lipinski definition) is 2. The predicted octanol–water partition coefficient (Wildman–Crippen LogP) is 4.47. The molecule has 1 unspecified atom stereocenters. The number of carboxylic acids is 1. The fourth-order valence-electron chi connectivity index (χ4n) is 1.98. The Kier molecular flexibility index (Phi) is 4.65. The molecule has 0 fully saturated rings. The Morgan fingerprint density at radius 3 is 2.45 bits per heavy atom. The zero-order chi connectivity index (χ0) is 14.7. The topological polar surface area (TPSA) is 49.3 Å². The molecule has 0 heterocycles. The molecule has 4 heteroatoms. The van der Waals surface area contributed by atoms with E-state index in [1.807, 2.05) is 13.0 Å². The van der Waals surface area contributed by atoms with E-state index in [0.717, 1.165) is 11.3 Å². The van der Waals surface area contributed by atoms with Crippen molar-refractivity contribution in [2.24, 2.45) is 0 Å². The number of anilines is 1. The van der Waals surface area contributed by atoms with E-state index >= 15 is 0 Å². The zero-order valence-corrected chi connectivity index (χ0v) is 13.5. The van der Waals surface area contributed by atoms with E-state index in [4.69, 9.17) is 5.11 Å². The van der Waals surface area contributed by atoms with Gasteiger partial charge in [-0.05, 0) is 71.8 Å². The van der Waals surface area contributed by atoms with Crippen LogP contribution >= 0.6 is 22.6 Å². The molecule has 2 rings (SSSR count). The van der Waals surface area contributed by atoms with Crippen molar-refractivity contribution in [1.29, 1.82) is 0 Å². The van der Waals surface area contributed by atoms with Gasteiger partial charge in [0.1, 0.15) is 0 Å². The molecule has 0 radical (unpaired) electrons. The van der Waals surface area contributed by atoms with Crippen LogP contribution in [0.1, 0.15) is 34.5 Å². The van der Waals surface area contributed by atoms with Gasteiger partial charge in [-0.15, -0.1) is 0 Å². The highest BCUT2D eigenvalue weighted by atomic mass is 127. The Morgan fingerprint density at radius 2 is 1.85 bits per heavy atom. The second kappa shape index (κ2) is 6.26. The van der Waals surface area contributed by atoms with E-state index in [1.165, 1.54) is 9.13 Å². The predicted molar refractivity (Wildman–Crippen MR) is 89.3 cm³/mol. The van der Waals surface area contributed by atoms with Gasteiger partial charge in [0.2, 0.25) is 0 Å². The SMILES string of the molecule is Cc1ccc(C(=O)O)cc1NC(C)c1ccc(I)cc1. The fraction of sp³-hybridized carbons (Fsp3) is 0.188. The first-order valence-electron chi connectivity index (χ1n) is 6.33. The third-order valence-corrected chi connectivity index (χ3v) is 3.95. The van der Waals surface area contributed by atoms with Crippen molar-refractivity contribution in [2.45, 2.75) is 19.9 Å². The van der Waals surface area contributed by atoms with Gasteiger partial charge in [-0.2, -0.15) is 0 Å². The Balaban J connectivity index is 2.22. The van der Waals surface area contributed by atoms with Crippen molar-refractivity contribution in [3.05, 3.63) is 62.7 Å². The number of carboxylic acid groups (broad SMARTS) is 1. The number of nitrogens with one attached hydrogen (secondary N) is 1. The first-order valence-corrected chi connectivity index (χ1v) is 7.41. The van der Waals surface area contributed by atoms with Gasteiger partial charge in [0.05, 0.1) is 5.56 Å². The smallest absolute Gasteiger partial charge is 0.335 e. The first kappa shape index (κ1) is 14.8. The van der Waals surface area contributed by atoms with E-state index in [-0.39, 0.29) is 6.04 Å². The lowest BCUT2D eigenvalue weighted by molar-refractivity contribution is 0.0697. The number of aromatic carboxylic acids is 1. The number of hydrogen-bond donors (Lipinski definition) is 2. The summed E-state index contributed by atoms with van der Waals surface area (Å²) in [6, 6.07) is 13.5. The molecule has 2 N–H and O–H groups in total. The third kappa shape index (κ3) is 3.50. The number of halogens is 1. The van der Waals surface area contributed by atoms with Gasteiger partial charge in [-0.1, -0.05) is 18.2 Å². The third-order valence-electron chi connectivity index (χ3n) is 3.23. The average molecular weight is 381 g/mol. The van der Waals surface area contributed by atoms with Crippen LogP contribution < -0.4 is 5.32 Å². The number of aryl methyl sites for hydroxylation is 1. The van der Waals surface area contributed by atoms with Crippen LogP contribution in [-0.4, -0.2) is 11.1 Å². The van der Waals surface area contributed by atoms with Crippen molar-refractivity contribution >= 4 is 34.2 Å². The van der Waals surface area contributed by atoms with Crippen LogP contribution in [0.15, 0.2) is 42.5 Å². The maximum absolute atomic E-state index is 11.0. The summed E-state index contributed by atoms with van der Waals surface area (Å²) in [5, 5.41) is 12.4. The molecule has 0 saturated heterocycles. The van der Waals surface area contributed by atoms with Crippen molar-refractivity contribution in [1.82, 2.24) is 0 Å². The second-order valence-electron chi connectivity index (χ2n) is 4.75. The maximum atomic E-state index is 11.0. The second-order valence-corrected chi connectivity index (χ2v) is 6.00. The Morgan fingerprint density at radius 1 is 1.20 bits per heavy atom. The van der Waals surface area contributed by atoms with Crippen LogP contribution in [0.2, 0.25) is 0 Å². The van der Waals surface area contributed by atoms with Gasteiger partial charge in [0.15, 0.2) is 0 Å². The molecule has 2 aromatic rings. The molecule has 0 aromatic heterocycles. The van der Waals surface area contributed by atoms with Crippen molar-refractivity contribution in [2.75, 3.05) is 5.32 Å². The fourth-order valence-corrected chi connectivity index (χ4v) is 2.34. The molecule has 0 aliphatic rings. The lowest BCUT2D eigenvalue weighted by Crippen LogP contribution is -2.09. The summed E-state index contributed by atoms with van der Waals surface area (Å²) in [6.45, 7) is 4.03. The van der Waals surface area contributed by atoms with Crippen molar-refractivity contribution in [3.63, 3.8) is 0 Å². The van der Waals surface area contributed by atoms with Gasteiger partial charge in [-0.3, -0.25) is 0 Å². The monoisotopic (exact) mass is 381 g/mol. The van der Waals surface area contributed by atoms with Crippen LogP contribution in [0.4, 0.5) is 5.69 Å². The number of rotatable bonds is 4. The molecule has 0 saturated carbocycles. The number of benzene rings is 2. The van der Waals surface area contributed by atoms with Gasteiger partial charge in [-0.25, -0.2) is 4.79 Å². The molecule has 3 nitrogen and oxygen atoms in total. The molecule has 20 heavy (non-hydrogen) atoms. The summed E-state index contributed by atoms with van der Waals surface area (Å²) < 4.78 is 1.20.